The van der Waals surface area contributed by atoms with E-state index in [4.69, 9.17) is 16.7 Å². The maximum absolute atomic E-state index is 8.96. The number of alkyl halides is 1. The molecule has 0 saturated heterocycles. The van der Waals surface area contributed by atoms with Crippen molar-refractivity contribution in [1.82, 2.24) is 0 Å². The van der Waals surface area contributed by atoms with Gasteiger partial charge >= 0.3 is 0 Å². The Labute approximate surface area is 77.0 Å². The molecule has 0 unspecified atom stereocenters. The lowest BCUT2D eigenvalue weighted by Gasteiger charge is -1.90. The highest BCUT2D eigenvalue weighted by molar-refractivity contribution is 6.18. The molecule has 0 radical (unpaired) electrons. The molecular formula is C10H9ClO. The third-order valence-corrected chi connectivity index (χ3v) is 1.51. The molecule has 0 spiro atoms. The second-order valence-electron chi connectivity index (χ2n) is 2.29. The van der Waals surface area contributed by atoms with Crippen molar-refractivity contribution in [3.63, 3.8) is 0 Å². The minimum absolute atomic E-state index is 0.262. The van der Waals surface area contributed by atoms with E-state index in [0.717, 1.165) is 5.56 Å². The van der Waals surface area contributed by atoms with Crippen LogP contribution in [0.1, 0.15) is 12.0 Å². The third-order valence-electron chi connectivity index (χ3n) is 1.32. The average Bonchev–Trinajstić information content (AvgIpc) is 2.09. The smallest absolute Gasteiger partial charge is 0.115 e. The number of phenols is 1. The van der Waals surface area contributed by atoms with Crippen LogP contribution in [0.15, 0.2) is 24.3 Å². The van der Waals surface area contributed by atoms with Gasteiger partial charge in [0.15, 0.2) is 0 Å². The van der Waals surface area contributed by atoms with Gasteiger partial charge in [-0.15, -0.1) is 11.6 Å². The van der Waals surface area contributed by atoms with Crippen LogP contribution in [0.4, 0.5) is 0 Å². The largest absolute Gasteiger partial charge is 0.508 e. The Balaban J connectivity index is 2.66. The third kappa shape index (κ3) is 2.86. The Morgan fingerprint density at radius 1 is 1.25 bits per heavy atom. The Bertz CT molecular complexity index is 292. The van der Waals surface area contributed by atoms with Crippen LogP contribution >= 0.6 is 11.6 Å². The van der Waals surface area contributed by atoms with Gasteiger partial charge in [-0.2, -0.15) is 0 Å². The van der Waals surface area contributed by atoms with Gasteiger partial charge in [0.05, 0.1) is 0 Å². The van der Waals surface area contributed by atoms with Crippen molar-refractivity contribution >= 4 is 11.6 Å². The molecule has 0 heterocycles. The van der Waals surface area contributed by atoms with E-state index in [2.05, 4.69) is 11.8 Å². The van der Waals surface area contributed by atoms with Crippen LogP contribution in [0.5, 0.6) is 5.75 Å². The quantitative estimate of drug-likeness (QED) is 0.520. The number of halogens is 1. The van der Waals surface area contributed by atoms with Gasteiger partial charge in [-0.05, 0) is 24.3 Å². The highest BCUT2D eigenvalue weighted by Crippen LogP contribution is 2.08. The summed E-state index contributed by atoms with van der Waals surface area (Å²) in [5, 5.41) is 8.96. The SMILES string of the molecule is Oc1ccc(C#CCCCl)cc1. The van der Waals surface area contributed by atoms with Crippen LogP contribution in [0.2, 0.25) is 0 Å². The Hall–Kier alpha value is -1.13. The summed E-state index contributed by atoms with van der Waals surface area (Å²) in [5.74, 6) is 6.66. The van der Waals surface area contributed by atoms with E-state index >= 15 is 0 Å². The van der Waals surface area contributed by atoms with E-state index in [1.54, 1.807) is 24.3 Å². The fraction of sp³-hybridized carbons (Fsp3) is 0.200. The van der Waals surface area contributed by atoms with E-state index < -0.39 is 0 Å². The minimum atomic E-state index is 0.262. The van der Waals surface area contributed by atoms with E-state index in [1.807, 2.05) is 0 Å². The first-order chi connectivity index (χ1) is 5.83. The topological polar surface area (TPSA) is 20.2 Å². The van der Waals surface area contributed by atoms with Crippen molar-refractivity contribution in [3.05, 3.63) is 29.8 Å². The number of rotatable bonds is 1. The lowest BCUT2D eigenvalue weighted by Crippen LogP contribution is -1.73. The lowest BCUT2D eigenvalue weighted by molar-refractivity contribution is 0.475. The normalized spacial score (nSPS) is 8.75. The second kappa shape index (κ2) is 4.69. The standard InChI is InChI=1S/C10H9ClO/c11-8-2-1-3-9-4-6-10(12)7-5-9/h4-7,12H,2,8H2. The summed E-state index contributed by atoms with van der Waals surface area (Å²) in [6.45, 7) is 0. The summed E-state index contributed by atoms with van der Waals surface area (Å²) >= 11 is 5.45. The maximum atomic E-state index is 8.96. The Kier molecular flexibility index (Phi) is 3.50. The molecule has 1 aromatic carbocycles. The van der Waals surface area contributed by atoms with Gasteiger partial charge in [0, 0.05) is 17.9 Å². The maximum Gasteiger partial charge on any atom is 0.115 e. The van der Waals surface area contributed by atoms with Crippen LogP contribution in [0, 0.1) is 11.8 Å². The summed E-state index contributed by atoms with van der Waals surface area (Å²) in [6, 6.07) is 6.78. The van der Waals surface area contributed by atoms with Gasteiger partial charge < -0.3 is 5.11 Å². The monoisotopic (exact) mass is 180 g/mol. The van der Waals surface area contributed by atoms with Gasteiger partial charge in [0.25, 0.3) is 0 Å². The first kappa shape index (κ1) is 8.96. The number of phenolic OH excluding ortho intramolecular Hbond substituents is 1. The number of hydrogen-bond donors (Lipinski definition) is 1. The van der Waals surface area contributed by atoms with Crippen LogP contribution in [-0.4, -0.2) is 11.0 Å². The Morgan fingerprint density at radius 2 is 1.92 bits per heavy atom. The molecule has 0 aromatic heterocycles. The minimum Gasteiger partial charge on any atom is -0.508 e. The summed E-state index contributed by atoms with van der Waals surface area (Å²) in [6.07, 6.45) is 0.697. The molecule has 1 nitrogen and oxygen atoms in total. The number of hydrogen-bond acceptors (Lipinski definition) is 1. The average molecular weight is 181 g/mol. The summed E-state index contributed by atoms with van der Waals surface area (Å²) in [7, 11) is 0. The predicted molar refractivity (Wildman–Crippen MR) is 50.3 cm³/mol. The molecular weight excluding hydrogens is 172 g/mol. The molecule has 0 aliphatic heterocycles. The highest BCUT2D eigenvalue weighted by atomic mass is 35.5. The fourth-order valence-corrected chi connectivity index (χ4v) is 0.851. The van der Waals surface area contributed by atoms with E-state index in [1.165, 1.54) is 0 Å². The summed E-state index contributed by atoms with van der Waals surface area (Å²) < 4.78 is 0. The molecule has 0 aliphatic rings. The van der Waals surface area contributed by atoms with E-state index in [0.29, 0.717) is 12.3 Å². The van der Waals surface area contributed by atoms with Crippen molar-refractivity contribution in [2.75, 3.05) is 5.88 Å². The molecule has 0 bridgehead atoms. The zero-order valence-corrected chi connectivity index (χ0v) is 7.30. The zero-order valence-electron chi connectivity index (χ0n) is 6.55. The molecule has 0 saturated carbocycles. The van der Waals surface area contributed by atoms with Gasteiger partial charge in [0.2, 0.25) is 0 Å². The molecule has 0 amide bonds. The van der Waals surface area contributed by atoms with E-state index in [-0.39, 0.29) is 5.75 Å². The first-order valence-electron chi connectivity index (χ1n) is 3.67. The first-order valence-corrected chi connectivity index (χ1v) is 4.20. The lowest BCUT2D eigenvalue weighted by atomic mass is 10.2. The molecule has 1 rings (SSSR count). The second-order valence-corrected chi connectivity index (χ2v) is 2.67. The van der Waals surface area contributed by atoms with Crippen molar-refractivity contribution in [3.8, 4) is 17.6 Å². The number of benzene rings is 1. The predicted octanol–water partition coefficient (Wildman–Crippen LogP) is 2.37. The van der Waals surface area contributed by atoms with Gasteiger partial charge in [-0.3, -0.25) is 0 Å². The molecule has 1 N–H and O–H groups in total. The van der Waals surface area contributed by atoms with Crippen LogP contribution in [0.25, 0.3) is 0 Å². The summed E-state index contributed by atoms with van der Waals surface area (Å²) in [4.78, 5) is 0. The Morgan fingerprint density at radius 3 is 2.50 bits per heavy atom. The van der Waals surface area contributed by atoms with Crippen LogP contribution in [-0.2, 0) is 0 Å². The molecule has 0 fully saturated rings. The van der Waals surface area contributed by atoms with Crippen molar-refractivity contribution in [2.24, 2.45) is 0 Å². The fourth-order valence-electron chi connectivity index (χ4n) is 0.757. The molecule has 62 valence electrons. The zero-order chi connectivity index (χ0) is 8.81. The van der Waals surface area contributed by atoms with E-state index in [9.17, 15) is 0 Å². The molecule has 2 heteroatoms. The molecule has 1 aromatic rings. The van der Waals surface area contributed by atoms with Crippen LogP contribution < -0.4 is 0 Å². The van der Waals surface area contributed by atoms with Gasteiger partial charge in [-0.25, -0.2) is 0 Å². The summed E-state index contributed by atoms with van der Waals surface area (Å²) in [5.41, 5.74) is 0.901. The van der Waals surface area contributed by atoms with Gasteiger partial charge in [0.1, 0.15) is 5.75 Å². The van der Waals surface area contributed by atoms with Crippen molar-refractivity contribution in [2.45, 2.75) is 6.42 Å². The van der Waals surface area contributed by atoms with Gasteiger partial charge in [-0.1, -0.05) is 11.8 Å². The molecule has 0 aliphatic carbocycles. The molecule has 12 heavy (non-hydrogen) atoms. The number of aromatic hydroxyl groups is 1. The van der Waals surface area contributed by atoms with Crippen molar-refractivity contribution in [1.29, 1.82) is 0 Å². The van der Waals surface area contributed by atoms with Crippen LogP contribution in [0.3, 0.4) is 0 Å². The highest BCUT2D eigenvalue weighted by Gasteiger charge is 1.86. The van der Waals surface area contributed by atoms with Crippen molar-refractivity contribution < 1.29 is 5.11 Å². The molecule has 0 atom stereocenters.